The zero-order chi connectivity index (χ0) is 24.8. The standard InChI is InChI=1S/C27H27N3O5/c1-17-26(33)25(27(34)28-16-24(31)32)30-23(29-17)15-18-7-9-19(10-8-18)20-11-13-22(14-12-20)35-21-5-3-2-4-6-21/h2-6,9,11-14,18,33H,7-8,10,15-16H2,1H3,(H,28,34)(H,31,32). The number of allylic oxidation sites excluding steroid dienone is 2. The number of rotatable bonds is 8. The van der Waals surface area contributed by atoms with Crippen LogP contribution in [0.1, 0.15) is 46.8 Å². The average Bonchev–Trinajstić information content (AvgIpc) is 2.86. The normalized spacial score (nSPS) is 15.2. The number of carbonyl (C=O) groups is 2. The number of nitrogens with one attached hydrogen (secondary N) is 1. The summed E-state index contributed by atoms with van der Waals surface area (Å²) in [5.41, 5.74) is 2.54. The first kappa shape index (κ1) is 23.9. The van der Waals surface area contributed by atoms with Crippen molar-refractivity contribution >= 4 is 17.4 Å². The van der Waals surface area contributed by atoms with Crippen molar-refractivity contribution in [2.45, 2.75) is 32.6 Å². The Balaban J connectivity index is 1.38. The van der Waals surface area contributed by atoms with Gasteiger partial charge in [-0.15, -0.1) is 0 Å². The zero-order valence-electron chi connectivity index (χ0n) is 19.4. The molecule has 1 atom stereocenters. The Labute approximate surface area is 203 Å². The molecule has 8 heteroatoms. The number of carboxylic acids is 1. The number of carbonyl (C=O) groups excluding carboxylic acids is 1. The predicted molar refractivity (Wildman–Crippen MR) is 130 cm³/mol. The largest absolute Gasteiger partial charge is 0.504 e. The van der Waals surface area contributed by atoms with E-state index >= 15 is 0 Å². The van der Waals surface area contributed by atoms with Crippen LogP contribution in [-0.2, 0) is 11.2 Å². The van der Waals surface area contributed by atoms with E-state index in [4.69, 9.17) is 9.84 Å². The summed E-state index contributed by atoms with van der Waals surface area (Å²) >= 11 is 0. The Morgan fingerprint density at radius 2 is 1.77 bits per heavy atom. The number of hydrogen-bond donors (Lipinski definition) is 3. The molecule has 2 aromatic carbocycles. The maximum atomic E-state index is 12.2. The number of para-hydroxylation sites is 1. The van der Waals surface area contributed by atoms with Gasteiger partial charge in [-0.25, -0.2) is 9.97 Å². The second-order valence-electron chi connectivity index (χ2n) is 8.51. The number of aromatic nitrogens is 2. The van der Waals surface area contributed by atoms with Crippen LogP contribution in [0.2, 0.25) is 0 Å². The molecule has 0 saturated carbocycles. The van der Waals surface area contributed by atoms with Gasteiger partial charge in [0.2, 0.25) is 0 Å². The molecule has 1 unspecified atom stereocenters. The van der Waals surface area contributed by atoms with Crippen LogP contribution < -0.4 is 10.1 Å². The van der Waals surface area contributed by atoms with Crippen molar-refractivity contribution in [3.8, 4) is 17.2 Å². The van der Waals surface area contributed by atoms with Gasteiger partial charge < -0.3 is 20.3 Å². The van der Waals surface area contributed by atoms with Crippen molar-refractivity contribution in [1.29, 1.82) is 0 Å². The zero-order valence-corrected chi connectivity index (χ0v) is 19.4. The number of carboxylic acid groups (broad SMARTS) is 1. The van der Waals surface area contributed by atoms with E-state index in [0.29, 0.717) is 23.9 Å². The SMILES string of the molecule is Cc1nc(CC2CC=C(c3ccc(Oc4ccccc4)cc3)CC2)nc(C(=O)NCC(=O)O)c1O. The van der Waals surface area contributed by atoms with Crippen LogP contribution in [0.4, 0.5) is 0 Å². The maximum Gasteiger partial charge on any atom is 0.322 e. The molecule has 1 aliphatic carbocycles. The third-order valence-electron chi connectivity index (χ3n) is 5.91. The molecule has 1 heterocycles. The van der Waals surface area contributed by atoms with Gasteiger partial charge in [0.1, 0.15) is 23.9 Å². The number of ether oxygens (including phenoxy) is 1. The van der Waals surface area contributed by atoms with Crippen molar-refractivity contribution in [3.63, 3.8) is 0 Å². The molecule has 1 aromatic heterocycles. The third-order valence-corrected chi connectivity index (χ3v) is 5.91. The van der Waals surface area contributed by atoms with Crippen molar-refractivity contribution in [2.24, 2.45) is 5.92 Å². The summed E-state index contributed by atoms with van der Waals surface area (Å²) in [5, 5.41) is 21.2. The molecule has 0 spiro atoms. The molecule has 0 radical (unpaired) electrons. The molecule has 8 nitrogen and oxygen atoms in total. The van der Waals surface area contributed by atoms with E-state index in [1.54, 1.807) is 6.92 Å². The first-order valence-electron chi connectivity index (χ1n) is 11.5. The van der Waals surface area contributed by atoms with Crippen molar-refractivity contribution < 1.29 is 24.5 Å². The molecule has 1 aliphatic rings. The minimum Gasteiger partial charge on any atom is -0.504 e. The quantitative estimate of drug-likeness (QED) is 0.440. The van der Waals surface area contributed by atoms with E-state index in [9.17, 15) is 14.7 Å². The highest BCUT2D eigenvalue weighted by Crippen LogP contribution is 2.33. The van der Waals surface area contributed by atoms with Gasteiger partial charge in [-0.2, -0.15) is 0 Å². The van der Waals surface area contributed by atoms with Crippen molar-refractivity contribution in [2.75, 3.05) is 6.54 Å². The Morgan fingerprint density at radius 3 is 2.43 bits per heavy atom. The first-order chi connectivity index (χ1) is 16.9. The summed E-state index contributed by atoms with van der Waals surface area (Å²) in [5.74, 6) is 0.117. The molecule has 0 saturated heterocycles. The van der Waals surface area contributed by atoms with Gasteiger partial charge >= 0.3 is 5.97 Å². The first-order valence-corrected chi connectivity index (χ1v) is 11.5. The second kappa shape index (κ2) is 10.8. The molecular formula is C27H27N3O5. The van der Waals surface area contributed by atoms with Crippen LogP contribution >= 0.6 is 0 Å². The molecule has 1 amide bonds. The highest BCUT2D eigenvalue weighted by Gasteiger charge is 2.22. The van der Waals surface area contributed by atoms with Crippen LogP contribution in [0.5, 0.6) is 17.2 Å². The van der Waals surface area contributed by atoms with Crippen LogP contribution in [0.15, 0.2) is 60.7 Å². The Kier molecular flexibility index (Phi) is 7.40. The Morgan fingerprint density at radius 1 is 1.06 bits per heavy atom. The summed E-state index contributed by atoms with van der Waals surface area (Å²) in [6.07, 6.45) is 5.49. The summed E-state index contributed by atoms with van der Waals surface area (Å²) < 4.78 is 5.87. The molecule has 0 fully saturated rings. The highest BCUT2D eigenvalue weighted by atomic mass is 16.5. The van der Waals surface area contributed by atoms with E-state index in [0.717, 1.165) is 36.3 Å². The van der Waals surface area contributed by atoms with Gasteiger partial charge in [-0.3, -0.25) is 9.59 Å². The van der Waals surface area contributed by atoms with E-state index in [1.807, 2.05) is 42.5 Å². The number of hydrogen-bond acceptors (Lipinski definition) is 6. The molecule has 4 rings (SSSR count). The summed E-state index contributed by atoms with van der Waals surface area (Å²) in [6.45, 7) is 1.05. The van der Waals surface area contributed by atoms with E-state index in [2.05, 4.69) is 33.5 Å². The van der Waals surface area contributed by atoms with E-state index in [1.165, 1.54) is 5.57 Å². The van der Waals surface area contributed by atoms with Gasteiger partial charge in [-0.05, 0) is 67.5 Å². The number of aromatic hydroxyl groups is 1. The van der Waals surface area contributed by atoms with Crippen molar-refractivity contribution in [1.82, 2.24) is 15.3 Å². The number of amides is 1. The maximum absolute atomic E-state index is 12.2. The van der Waals surface area contributed by atoms with Crippen molar-refractivity contribution in [3.05, 3.63) is 83.4 Å². The number of aliphatic carboxylic acids is 1. The number of nitrogens with zero attached hydrogens (tertiary/aromatic N) is 2. The van der Waals surface area contributed by atoms with E-state index in [-0.39, 0.29) is 11.4 Å². The minimum absolute atomic E-state index is 0.196. The van der Waals surface area contributed by atoms with Crippen LogP contribution in [-0.4, -0.2) is 38.6 Å². The molecule has 3 aromatic rings. The predicted octanol–water partition coefficient (Wildman–Crippen LogP) is 4.52. The molecule has 0 bridgehead atoms. The Bertz CT molecular complexity index is 1240. The fraction of sp³-hybridized carbons (Fsp3) is 0.259. The lowest BCUT2D eigenvalue weighted by Gasteiger charge is -2.22. The van der Waals surface area contributed by atoms with Crippen LogP contribution in [0.3, 0.4) is 0 Å². The fourth-order valence-electron chi connectivity index (χ4n) is 4.07. The second-order valence-corrected chi connectivity index (χ2v) is 8.51. The van der Waals surface area contributed by atoms with Gasteiger partial charge in [-0.1, -0.05) is 36.4 Å². The van der Waals surface area contributed by atoms with Gasteiger partial charge in [0.25, 0.3) is 5.91 Å². The molecule has 0 aliphatic heterocycles. The number of benzene rings is 2. The smallest absolute Gasteiger partial charge is 0.322 e. The number of aryl methyl sites for hydroxylation is 1. The molecule has 35 heavy (non-hydrogen) atoms. The lowest BCUT2D eigenvalue weighted by atomic mass is 9.84. The highest BCUT2D eigenvalue weighted by molar-refractivity contribution is 5.96. The molecule has 180 valence electrons. The summed E-state index contributed by atoms with van der Waals surface area (Å²) in [4.78, 5) is 31.5. The van der Waals surface area contributed by atoms with Crippen LogP contribution in [0.25, 0.3) is 5.57 Å². The van der Waals surface area contributed by atoms with Gasteiger partial charge in [0.05, 0.1) is 5.69 Å². The molecule has 3 N–H and O–H groups in total. The Hall–Kier alpha value is -4.20. The molecular weight excluding hydrogens is 446 g/mol. The average molecular weight is 474 g/mol. The fourth-order valence-corrected chi connectivity index (χ4v) is 4.07. The monoisotopic (exact) mass is 473 g/mol. The lowest BCUT2D eigenvalue weighted by Crippen LogP contribution is -2.30. The minimum atomic E-state index is -1.17. The topological polar surface area (TPSA) is 122 Å². The third kappa shape index (κ3) is 6.23. The summed E-state index contributed by atoms with van der Waals surface area (Å²) in [7, 11) is 0. The van der Waals surface area contributed by atoms with Crippen LogP contribution in [0, 0.1) is 12.8 Å². The summed E-state index contributed by atoms with van der Waals surface area (Å²) in [6, 6.07) is 17.7. The van der Waals surface area contributed by atoms with Gasteiger partial charge in [0.15, 0.2) is 11.4 Å². The van der Waals surface area contributed by atoms with Gasteiger partial charge in [0, 0.05) is 6.42 Å². The lowest BCUT2D eigenvalue weighted by molar-refractivity contribution is -0.135. The van der Waals surface area contributed by atoms with E-state index < -0.39 is 18.4 Å².